The average molecular weight is 265 g/mol. The number of hydrogen-bond acceptors (Lipinski definition) is 4. The zero-order chi connectivity index (χ0) is 13.8. The number of amides is 1. The van der Waals surface area contributed by atoms with E-state index >= 15 is 0 Å². The van der Waals surface area contributed by atoms with E-state index in [0.717, 1.165) is 0 Å². The van der Waals surface area contributed by atoms with Crippen molar-refractivity contribution in [2.45, 2.75) is 6.04 Å². The summed E-state index contributed by atoms with van der Waals surface area (Å²) in [6.07, 6.45) is 0. The molecule has 19 heavy (non-hydrogen) atoms. The first-order valence-electron chi connectivity index (χ1n) is 5.89. The summed E-state index contributed by atoms with van der Waals surface area (Å²) in [5.74, 6) is -0.987. The molecule has 0 spiro atoms. The van der Waals surface area contributed by atoms with E-state index in [9.17, 15) is 9.59 Å². The lowest BCUT2D eigenvalue weighted by Crippen LogP contribution is -2.52. The van der Waals surface area contributed by atoms with Gasteiger partial charge in [-0.3, -0.25) is 4.79 Å². The molecule has 6 heteroatoms. The minimum Gasteiger partial charge on any atom is -0.496 e. The highest BCUT2D eigenvalue weighted by molar-refractivity contribution is 5.99. The molecule has 0 radical (unpaired) electrons. The summed E-state index contributed by atoms with van der Waals surface area (Å²) in [6, 6.07) is 5.81. The summed E-state index contributed by atoms with van der Waals surface area (Å²) in [5, 5.41) is 9.13. The van der Waals surface area contributed by atoms with Gasteiger partial charge in [0, 0.05) is 6.54 Å². The Morgan fingerprint density at radius 1 is 1.42 bits per heavy atom. The SMILES string of the molecule is COc1ccccc1C(=O)N1CCOC[C@H]1C(=O)O. The predicted molar refractivity (Wildman–Crippen MR) is 66.3 cm³/mol. The van der Waals surface area contributed by atoms with Gasteiger partial charge in [0.1, 0.15) is 5.75 Å². The standard InChI is InChI=1S/C13H15NO5/c1-18-11-5-3-2-4-9(11)12(15)14-6-7-19-8-10(14)13(16)17/h2-5,10H,6-8H2,1H3,(H,16,17)/t10-/m0/s1. The van der Waals surface area contributed by atoms with Gasteiger partial charge in [0.2, 0.25) is 0 Å². The lowest BCUT2D eigenvalue weighted by Gasteiger charge is -2.33. The van der Waals surface area contributed by atoms with Gasteiger partial charge in [-0.2, -0.15) is 0 Å². The molecule has 0 unspecified atom stereocenters. The van der Waals surface area contributed by atoms with Crippen LogP contribution in [-0.2, 0) is 9.53 Å². The first-order chi connectivity index (χ1) is 9.15. The van der Waals surface area contributed by atoms with Crippen LogP contribution in [0.2, 0.25) is 0 Å². The Morgan fingerprint density at radius 3 is 2.84 bits per heavy atom. The number of carbonyl (C=O) groups is 2. The maximum atomic E-state index is 12.4. The van der Waals surface area contributed by atoms with Crippen LogP contribution in [0.5, 0.6) is 5.75 Å². The van der Waals surface area contributed by atoms with Crippen LogP contribution in [0, 0.1) is 0 Å². The largest absolute Gasteiger partial charge is 0.496 e. The molecule has 2 rings (SSSR count). The van der Waals surface area contributed by atoms with Gasteiger partial charge in [-0.1, -0.05) is 12.1 Å². The maximum absolute atomic E-state index is 12.4. The summed E-state index contributed by atoms with van der Waals surface area (Å²) < 4.78 is 10.2. The Labute approximate surface area is 110 Å². The number of carboxylic acids is 1. The van der Waals surface area contributed by atoms with Gasteiger partial charge in [-0.25, -0.2) is 4.79 Å². The summed E-state index contributed by atoms with van der Waals surface area (Å²) in [4.78, 5) is 24.9. The smallest absolute Gasteiger partial charge is 0.328 e. The number of carboxylic acid groups (broad SMARTS) is 1. The fourth-order valence-corrected chi connectivity index (χ4v) is 2.03. The summed E-state index contributed by atoms with van der Waals surface area (Å²) in [5.41, 5.74) is 0.359. The summed E-state index contributed by atoms with van der Waals surface area (Å²) in [6.45, 7) is 0.606. The van der Waals surface area contributed by atoms with Gasteiger partial charge >= 0.3 is 5.97 Å². The molecule has 0 saturated carbocycles. The number of aliphatic carboxylic acids is 1. The van der Waals surface area contributed by atoms with E-state index < -0.39 is 12.0 Å². The summed E-state index contributed by atoms with van der Waals surface area (Å²) in [7, 11) is 1.47. The number of ether oxygens (including phenoxy) is 2. The Kier molecular flexibility index (Phi) is 4.01. The van der Waals surface area contributed by atoms with Gasteiger partial charge in [0.05, 0.1) is 25.9 Å². The molecule has 0 aromatic heterocycles. The van der Waals surface area contributed by atoms with Crippen LogP contribution in [0.1, 0.15) is 10.4 Å². The van der Waals surface area contributed by atoms with Gasteiger partial charge in [0.25, 0.3) is 5.91 Å². The van der Waals surface area contributed by atoms with Crippen molar-refractivity contribution in [2.75, 3.05) is 26.9 Å². The van der Waals surface area contributed by atoms with Crippen LogP contribution in [0.4, 0.5) is 0 Å². The van der Waals surface area contributed by atoms with Crippen LogP contribution >= 0.6 is 0 Å². The fraction of sp³-hybridized carbons (Fsp3) is 0.385. The van der Waals surface area contributed by atoms with Gasteiger partial charge < -0.3 is 19.5 Å². The first-order valence-corrected chi connectivity index (χ1v) is 5.89. The van der Waals surface area contributed by atoms with Crippen LogP contribution in [0.15, 0.2) is 24.3 Å². The molecule has 1 aromatic carbocycles. The Hall–Kier alpha value is -2.08. The molecule has 1 amide bonds. The van der Waals surface area contributed by atoms with E-state index in [2.05, 4.69) is 0 Å². The number of benzene rings is 1. The monoisotopic (exact) mass is 265 g/mol. The number of rotatable bonds is 3. The highest BCUT2D eigenvalue weighted by Crippen LogP contribution is 2.21. The van der Waals surface area contributed by atoms with Crippen LogP contribution in [-0.4, -0.2) is 54.8 Å². The normalized spacial score (nSPS) is 19.0. The molecule has 1 saturated heterocycles. The Morgan fingerprint density at radius 2 is 2.16 bits per heavy atom. The molecule has 1 atom stereocenters. The minimum absolute atomic E-state index is 0.0101. The molecule has 6 nitrogen and oxygen atoms in total. The molecule has 1 aliphatic heterocycles. The number of para-hydroxylation sites is 1. The van der Waals surface area contributed by atoms with Gasteiger partial charge in [0.15, 0.2) is 6.04 Å². The predicted octanol–water partition coefficient (Wildman–Crippen LogP) is 0.621. The molecule has 0 bridgehead atoms. The quantitative estimate of drug-likeness (QED) is 0.867. The van der Waals surface area contributed by atoms with Crippen molar-refractivity contribution in [3.63, 3.8) is 0 Å². The molecule has 1 fully saturated rings. The van der Waals surface area contributed by atoms with Crippen molar-refractivity contribution >= 4 is 11.9 Å². The first kappa shape index (κ1) is 13.4. The third kappa shape index (κ3) is 2.68. The van der Waals surface area contributed by atoms with E-state index in [1.54, 1.807) is 24.3 Å². The van der Waals surface area contributed by atoms with E-state index in [1.165, 1.54) is 12.0 Å². The number of morpholine rings is 1. The lowest BCUT2D eigenvalue weighted by atomic mass is 10.1. The van der Waals surface area contributed by atoms with E-state index in [-0.39, 0.29) is 19.1 Å². The molecule has 1 aromatic rings. The average Bonchev–Trinajstić information content (AvgIpc) is 2.46. The number of carbonyl (C=O) groups excluding carboxylic acids is 1. The zero-order valence-electron chi connectivity index (χ0n) is 10.5. The zero-order valence-corrected chi connectivity index (χ0v) is 10.5. The lowest BCUT2D eigenvalue weighted by molar-refractivity contribution is -0.147. The van der Waals surface area contributed by atoms with Crippen molar-refractivity contribution in [3.8, 4) is 5.75 Å². The van der Waals surface area contributed by atoms with E-state index in [4.69, 9.17) is 14.6 Å². The second kappa shape index (κ2) is 5.71. The van der Waals surface area contributed by atoms with Crippen molar-refractivity contribution in [1.29, 1.82) is 0 Å². The molecular formula is C13H15NO5. The third-order valence-corrected chi connectivity index (χ3v) is 3.01. The topological polar surface area (TPSA) is 76.1 Å². The second-order valence-corrected chi connectivity index (χ2v) is 4.13. The summed E-state index contributed by atoms with van der Waals surface area (Å²) >= 11 is 0. The fourth-order valence-electron chi connectivity index (χ4n) is 2.03. The van der Waals surface area contributed by atoms with Crippen LogP contribution < -0.4 is 4.74 Å². The number of methoxy groups -OCH3 is 1. The van der Waals surface area contributed by atoms with Crippen molar-refractivity contribution in [3.05, 3.63) is 29.8 Å². The van der Waals surface area contributed by atoms with Crippen molar-refractivity contribution in [1.82, 2.24) is 4.90 Å². The molecule has 102 valence electrons. The maximum Gasteiger partial charge on any atom is 0.328 e. The van der Waals surface area contributed by atoms with Gasteiger partial charge in [-0.05, 0) is 12.1 Å². The highest BCUT2D eigenvalue weighted by Gasteiger charge is 2.34. The number of hydrogen-bond donors (Lipinski definition) is 1. The Balaban J connectivity index is 2.29. The number of nitrogens with zero attached hydrogens (tertiary/aromatic N) is 1. The molecular weight excluding hydrogens is 250 g/mol. The molecule has 0 aliphatic carbocycles. The molecule has 1 heterocycles. The van der Waals surface area contributed by atoms with Crippen LogP contribution in [0.3, 0.4) is 0 Å². The van der Waals surface area contributed by atoms with E-state index in [0.29, 0.717) is 17.9 Å². The second-order valence-electron chi connectivity index (χ2n) is 4.13. The van der Waals surface area contributed by atoms with Crippen molar-refractivity contribution in [2.24, 2.45) is 0 Å². The van der Waals surface area contributed by atoms with E-state index in [1.807, 2.05) is 0 Å². The highest BCUT2D eigenvalue weighted by atomic mass is 16.5. The third-order valence-electron chi connectivity index (χ3n) is 3.01. The van der Waals surface area contributed by atoms with Crippen molar-refractivity contribution < 1.29 is 24.2 Å². The molecule has 1 aliphatic rings. The molecule has 1 N–H and O–H groups in total. The minimum atomic E-state index is -1.07. The van der Waals surface area contributed by atoms with Gasteiger partial charge in [-0.15, -0.1) is 0 Å². The Bertz CT molecular complexity index is 488. The van der Waals surface area contributed by atoms with Crippen LogP contribution in [0.25, 0.3) is 0 Å².